The number of alkyl halides is 3. The summed E-state index contributed by atoms with van der Waals surface area (Å²) >= 11 is 0. The SMILES string of the molecule is CC12C[C@@H](C(N)=O)C(C)(O1)c1c2c(O)n(-c2ccc(C#N)c(C(F)(F)F)c2)c1O. The lowest BCUT2D eigenvalue weighted by molar-refractivity contribution is -0.137. The van der Waals surface area contributed by atoms with Gasteiger partial charge in [-0.25, -0.2) is 0 Å². The number of nitrogens with two attached hydrogens (primary N) is 1. The van der Waals surface area contributed by atoms with Crippen molar-refractivity contribution in [1.82, 2.24) is 4.57 Å². The molecule has 7 nitrogen and oxygen atoms in total. The van der Waals surface area contributed by atoms with Gasteiger partial charge in [-0.3, -0.25) is 9.36 Å². The van der Waals surface area contributed by atoms with Crippen molar-refractivity contribution in [2.75, 3.05) is 0 Å². The highest BCUT2D eigenvalue weighted by molar-refractivity contribution is 5.81. The van der Waals surface area contributed by atoms with Gasteiger partial charge in [0.15, 0.2) is 0 Å². The van der Waals surface area contributed by atoms with Crippen LogP contribution in [0.2, 0.25) is 0 Å². The molecule has 10 heteroatoms. The normalized spacial score (nSPS) is 27.7. The molecule has 4 rings (SSSR count). The molecule has 29 heavy (non-hydrogen) atoms. The van der Waals surface area contributed by atoms with Gasteiger partial charge in [-0.2, -0.15) is 18.4 Å². The summed E-state index contributed by atoms with van der Waals surface area (Å²) in [7, 11) is 0. The molecule has 0 spiro atoms. The van der Waals surface area contributed by atoms with Crippen LogP contribution in [-0.4, -0.2) is 20.7 Å². The number of carbonyl (C=O) groups excluding carboxylic acids is 1. The van der Waals surface area contributed by atoms with Crippen LogP contribution >= 0.6 is 0 Å². The second kappa shape index (κ2) is 5.45. The van der Waals surface area contributed by atoms with Crippen molar-refractivity contribution < 1.29 is 32.9 Å². The monoisotopic (exact) mass is 407 g/mol. The number of ether oxygens (including phenoxy) is 1. The van der Waals surface area contributed by atoms with Crippen LogP contribution in [0.1, 0.15) is 42.5 Å². The minimum atomic E-state index is -4.81. The van der Waals surface area contributed by atoms with Gasteiger partial charge in [-0.05, 0) is 38.5 Å². The second-order valence-corrected chi connectivity index (χ2v) is 7.67. The standard InChI is InChI=1S/C19H16F3N3O4/c1-17-6-11(14(24)26)18(2,29-17)13-12(17)15(27)25(16(13)28)9-4-3-8(7-23)10(5-9)19(20,21)22/h3-5,11,27-28H,6H2,1-2H3,(H2,24,26)/t11-,17?,18?/m0/s1. The lowest BCUT2D eigenvalue weighted by Gasteiger charge is -2.27. The summed E-state index contributed by atoms with van der Waals surface area (Å²) in [6.45, 7) is 3.16. The van der Waals surface area contributed by atoms with Crippen LogP contribution in [0.25, 0.3) is 5.69 Å². The fourth-order valence-electron chi connectivity index (χ4n) is 4.68. The van der Waals surface area contributed by atoms with E-state index in [1.165, 1.54) is 12.1 Å². The van der Waals surface area contributed by atoms with Gasteiger partial charge >= 0.3 is 6.18 Å². The average Bonchev–Trinajstić information content (AvgIpc) is 3.15. The first kappa shape index (κ1) is 19.1. The van der Waals surface area contributed by atoms with E-state index < -0.39 is 52.1 Å². The number of aromatic nitrogens is 1. The van der Waals surface area contributed by atoms with E-state index in [-0.39, 0.29) is 23.2 Å². The van der Waals surface area contributed by atoms with Gasteiger partial charge in [0.2, 0.25) is 17.7 Å². The van der Waals surface area contributed by atoms with Gasteiger partial charge in [-0.1, -0.05) is 0 Å². The second-order valence-electron chi connectivity index (χ2n) is 7.67. The highest BCUT2D eigenvalue weighted by atomic mass is 19.4. The molecule has 2 aliphatic rings. The van der Waals surface area contributed by atoms with Crippen LogP contribution in [0.15, 0.2) is 18.2 Å². The molecule has 2 unspecified atom stereocenters. The van der Waals surface area contributed by atoms with E-state index in [4.69, 9.17) is 15.7 Å². The van der Waals surface area contributed by atoms with Crippen molar-refractivity contribution in [3.8, 4) is 23.5 Å². The number of fused-ring (bicyclic) bond motifs is 5. The molecule has 152 valence electrons. The highest BCUT2D eigenvalue weighted by Crippen LogP contribution is 2.66. The summed E-state index contributed by atoms with van der Waals surface area (Å²) in [5.74, 6) is -2.48. The molecule has 2 aliphatic heterocycles. The minimum Gasteiger partial charge on any atom is -0.494 e. The molecule has 0 radical (unpaired) electrons. The highest BCUT2D eigenvalue weighted by Gasteiger charge is 2.66. The van der Waals surface area contributed by atoms with E-state index in [1.54, 1.807) is 13.8 Å². The predicted octanol–water partition coefficient (Wildman–Crippen LogP) is 2.74. The summed E-state index contributed by atoms with van der Waals surface area (Å²) in [5.41, 5.74) is 1.33. The molecule has 1 aromatic heterocycles. The Bertz CT molecular complexity index is 1120. The Hall–Kier alpha value is -3.19. The van der Waals surface area contributed by atoms with Crippen LogP contribution in [0.5, 0.6) is 11.8 Å². The summed E-state index contributed by atoms with van der Waals surface area (Å²) in [4.78, 5) is 11.9. The zero-order valence-corrected chi connectivity index (χ0v) is 15.3. The average molecular weight is 407 g/mol. The fourth-order valence-corrected chi connectivity index (χ4v) is 4.68. The molecule has 1 amide bonds. The van der Waals surface area contributed by atoms with Gasteiger partial charge in [-0.15, -0.1) is 0 Å². The summed E-state index contributed by atoms with van der Waals surface area (Å²) in [6.07, 6.45) is -4.65. The Morgan fingerprint density at radius 2 is 1.93 bits per heavy atom. The number of primary amides is 1. The lowest BCUT2D eigenvalue weighted by Crippen LogP contribution is -2.38. The Morgan fingerprint density at radius 1 is 1.31 bits per heavy atom. The van der Waals surface area contributed by atoms with Gasteiger partial charge in [0.1, 0.15) is 5.60 Å². The number of halogens is 3. The van der Waals surface area contributed by atoms with Crippen molar-refractivity contribution in [2.45, 2.75) is 37.6 Å². The zero-order chi connectivity index (χ0) is 21.5. The third kappa shape index (κ3) is 2.31. The van der Waals surface area contributed by atoms with Crippen LogP contribution in [-0.2, 0) is 26.9 Å². The smallest absolute Gasteiger partial charge is 0.417 e. The number of rotatable bonds is 2. The quantitative estimate of drug-likeness (QED) is 0.707. The first-order valence-corrected chi connectivity index (χ1v) is 8.64. The summed E-state index contributed by atoms with van der Waals surface area (Å²) in [5, 5.41) is 30.6. The molecular formula is C19H16F3N3O4. The Kier molecular flexibility index (Phi) is 3.60. The molecule has 2 bridgehead atoms. The van der Waals surface area contributed by atoms with Gasteiger partial charge < -0.3 is 20.7 Å². The maximum Gasteiger partial charge on any atom is 0.417 e. The lowest BCUT2D eigenvalue weighted by atomic mass is 9.72. The van der Waals surface area contributed by atoms with Crippen molar-refractivity contribution >= 4 is 5.91 Å². The molecule has 1 aromatic carbocycles. The third-order valence-electron chi connectivity index (χ3n) is 5.87. The van der Waals surface area contributed by atoms with Gasteiger partial charge in [0.05, 0.1) is 45.5 Å². The number of amides is 1. The number of benzene rings is 1. The molecular weight excluding hydrogens is 391 g/mol. The summed E-state index contributed by atoms with van der Waals surface area (Å²) < 4.78 is 46.8. The van der Waals surface area contributed by atoms with Crippen LogP contribution < -0.4 is 5.73 Å². The van der Waals surface area contributed by atoms with Crippen LogP contribution in [0.3, 0.4) is 0 Å². The number of hydrogen-bond acceptors (Lipinski definition) is 5. The van der Waals surface area contributed by atoms with E-state index >= 15 is 0 Å². The molecule has 3 heterocycles. The van der Waals surface area contributed by atoms with Gasteiger partial charge in [0.25, 0.3) is 0 Å². The minimum absolute atomic E-state index is 0.116. The molecule has 4 N–H and O–H groups in total. The Balaban J connectivity index is 1.97. The molecule has 1 fully saturated rings. The molecule has 0 saturated carbocycles. The number of aromatic hydroxyl groups is 2. The molecule has 3 atom stereocenters. The van der Waals surface area contributed by atoms with Crippen molar-refractivity contribution in [3.05, 3.63) is 40.5 Å². The number of hydrogen-bond donors (Lipinski definition) is 3. The van der Waals surface area contributed by atoms with Crippen molar-refractivity contribution in [1.29, 1.82) is 5.26 Å². The van der Waals surface area contributed by atoms with Gasteiger partial charge in [0, 0.05) is 0 Å². The predicted molar refractivity (Wildman–Crippen MR) is 91.9 cm³/mol. The van der Waals surface area contributed by atoms with Crippen molar-refractivity contribution in [2.24, 2.45) is 11.7 Å². The number of nitriles is 1. The van der Waals surface area contributed by atoms with E-state index in [2.05, 4.69) is 0 Å². The third-order valence-corrected chi connectivity index (χ3v) is 5.87. The molecule has 2 aromatic rings. The number of nitrogens with zero attached hydrogens (tertiary/aromatic N) is 2. The van der Waals surface area contributed by atoms with Crippen LogP contribution in [0.4, 0.5) is 13.2 Å². The first-order chi connectivity index (χ1) is 13.3. The summed E-state index contributed by atoms with van der Waals surface area (Å²) in [6, 6.07) is 4.29. The Labute approximate surface area is 162 Å². The maximum absolute atomic E-state index is 13.3. The fraction of sp³-hybridized carbons (Fsp3) is 0.368. The maximum atomic E-state index is 13.3. The van der Waals surface area contributed by atoms with E-state index in [9.17, 15) is 28.2 Å². The van der Waals surface area contributed by atoms with E-state index in [1.807, 2.05) is 0 Å². The van der Waals surface area contributed by atoms with E-state index in [0.717, 1.165) is 10.6 Å². The largest absolute Gasteiger partial charge is 0.494 e. The molecule has 1 saturated heterocycles. The molecule has 0 aliphatic carbocycles. The zero-order valence-electron chi connectivity index (χ0n) is 15.3. The van der Waals surface area contributed by atoms with E-state index in [0.29, 0.717) is 6.07 Å². The van der Waals surface area contributed by atoms with Crippen LogP contribution in [0, 0.1) is 17.2 Å². The topological polar surface area (TPSA) is 122 Å². The number of carbonyl (C=O) groups is 1. The van der Waals surface area contributed by atoms with Crippen molar-refractivity contribution in [3.63, 3.8) is 0 Å². The first-order valence-electron chi connectivity index (χ1n) is 8.64. The Morgan fingerprint density at radius 3 is 2.48 bits per heavy atom.